The quantitative estimate of drug-likeness (QED) is 0.247. The van der Waals surface area contributed by atoms with E-state index >= 15 is 0 Å². The molecule has 0 aliphatic heterocycles. The molecule has 0 radical (unpaired) electrons. The fourth-order valence-electron chi connectivity index (χ4n) is 4.97. The van der Waals surface area contributed by atoms with Crippen molar-refractivity contribution >= 4 is 5.57 Å². The maximum atomic E-state index is 5.94. The predicted octanol–water partition coefficient (Wildman–Crippen LogP) is 10.2. The van der Waals surface area contributed by atoms with Gasteiger partial charge in [-0.15, -0.1) is 0 Å². The van der Waals surface area contributed by atoms with Gasteiger partial charge in [0, 0.05) is 0 Å². The van der Waals surface area contributed by atoms with Crippen LogP contribution in [0.5, 0.6) is 5.75 Å². The van der Waals surface area contributed by atoms with E-state index in [9.17, 15) is 0 Å². The average Bonchev–Trinajstić information content (AvgIpc) is 2.87. The summed E-state index contributed by atoms with van der Waals surface area (Å²) < 4.78 is 5.94. The molecule has 1 atom stereocenters. The van der Waals surface area contributed by atoms with Gasteiger partial charge in [-0.05, 0) is 66.0 Å². The van der Waals surface area contributed by atoms with Gasteiger partial charge in [0.05, 0.1) is 6.61 Å². The van der Waals surface area contributed by atoms with Crippen molar-refractivity contribution in [3.63, 3.8) is 0 Å². The van der Waals surface area contributed by atoms with Crippen LogP contribution in [-0.2, 0) is 0 Å². The summed E-state index contributed by atoms with van der Waals surface area (Å²) in [5.74, 6) is 1.90. The Kier molecular flexibility index (Phi) is 11.6. The summed E-state index contributed by atoms with van der Waals surface area (Å²) in [6.07, 6.45) is 21.2. The van der Waals surface area contributed by atoms with Crippen molar-refractivity contribution in [3.8, 4) is 16.9 Å². The van der Waals surface area contributed by atoms with Gasteiger partial charge in [-0.1, -0.05) is 121 Å². The van der Waals surface area contributed by atoms with Crippen LogP contribution in [0, 0.1) is 5.92 Å². The minimum atomic E-state index is 0.828. The topological polar surface area (TPSA) is 9.23 Å². The summed E-state index contributed by atoms with van der Waals surface area (Å²) in [7, 11) is 0. The third kappa shape index (κ3) is 9.03. The van der Waals surface area contributed by atoms with Crippen molar-refractivity contribution in [3.05, 3.63) is 60.2 Å². The third-order valence-corrected chi connectivity index (χ3v) is 7.20. The monoisotopic (exact) mass is 446 g/mol. The second-order valence-electron chi connectivity index (χ2n) is 9.94. The highest BCUT2D eigenvalue weighted by molar-refractivity contribution is 5.71. The molecule has 0 heterocycles. The number of unbranched alkanes of at least 4 members (excludes halogenated alkanes) is 8. The lowest BCUT2D eigenvalue weighted by atomic mass is 9.83. The number of hydrogen-bond acceptors (Lipinski definition) is 1. The van der Waals surface area contributed by atoms with E-state index in [1.807, 2.05) is 0 Å². The summed E-state index contributed by atoms with van der Waals surface area (Å²) in [5.41, 5.74) is 5.50. The minimum absolute atomic E-state index is 0.828. The predicted molar refractivity (Wildman–Crippen MR) is 145 cm³/mol. The lowest BCUT2D eigenvalue weighted by Gasteiger charge is -2.22. The van der Waals surface area contributed by atoms with E-state index in [0.717, 1.165) is 24.7 Å². The van der Waals surface area contributed by atoms with Crippen molar-refractivity contribution in [1.29, 1.82) is 0 Å². The van der Waals surface area contributed by atoms with Crippen LogP contribution < -0.4 is 4.74 Å². The van der Waals surface area contributed by atoms with Crippen LogP contribution in [0.3, 0.4) is 0 Å². The molecule has 33 heavy (non-hydrogen) atoms. The Morgan fingerprint density at radius 3 is 1.88 bits per heavy atom. The second kappa shape index (κ2) is 15.0. The van der Waals surface area contributed by atoms with Crippen LogP contribution >= 0.6 is 0 Å². The van der Waals surface area contributed by atoms with Gasteiger partial charge in [0.15, 0.2) is 0 Å². The van der Waals surface area contributed by atoms with Gasteiger partial charge in [0.1, 0.15) is 5.75 Å². The minimum Gasteiger partial charge on any atom is -0.494 e. The Bertz CT molecular complexity index is 799. The Balaban J connectivity index is 1.43. The van der Waals surface area contributed by atoms with Crippen LogP contribution in [0.15, 0.2) is 54.6 Å². The highest BCUT2D eigenvalue weighted by Crippen LogP contribution is 2.34. The van der Waals surface area contributed by atoms with Crippen molar-refractivity contribution < 1.29 is 4.74 Å². The molecule has 3 rings (SSSR count). The Hall–Kier alpha value is -2.02. The Labute approximate surface area is 203 Å². The summed E-state index contributed by atoms with van der Waals surface area (Å²) in [6.45, 7) is 5.39. The van der Waals surface area contributed by atoms with Gasteiger partial charge in [-0.25, -0.2) is 0 Å². The molecule has 1 unspecified atom stereocenters. The van der Waals surface area contributed by atoms with Gasteiger partial charge in [0.2, 0.25) is 0 Å². The van der Waals surface area contributed by atoms with Crippen LogP contribution in [0.1, 0.15) is 109 Å². The third-order valence-electron chi connectivity index (χ3n) is 7.20. The van der Waals surface area contributed by atoms with E-state index < -0.39 is 0 Å². The van der Waals surface area contributed by atoms with E-state index in [1.165, 1.54) is 100 Å². The van der Waals surface area contributed by atoms with Crippen LogP contribution in [0.4, 0.5) is 0 Å². The molecule has 0 amide bonds. The first-order valence-corrected chi connectivity index (χ1v) is 13.8. The normalized spacial score (nSPS) is 15.9. The zero-order chi connectivity index (χ0) is 23.1. The zero-order valence-electron chi connectivity index (χ0n) is 21.3. The molecule has 1 nitrogen and oxygen atoms in total. The summed E-state index contributed by atoms with van der Waals surface area (Å²) in [6, 6.07) is 17.8. The van der Waals surface area contributed by atoms with Crippen LogP contribution in [-0.4, -0.2) is 6.61 Å². The number of benzene rings is 2. The molecule has 0 aromatic heterocycles. The molecule has 2 aromatic carbocycles. The standard InChI is InChI=1S/C32H46O/c1-3-5-7-9-10-12-26-33-32-24-22-31(23-25-32)30-20-18-29(19-21-30)28-16-14-27(15-17-28)13-11-8-6-4-2/h16,18-25,27H,3-15,17,26H2,1-2H3. The van der Waals surface area contributed by atoms with Crippen molar-refractivity contribution in [2.45, 2.75) is 104 Å². The van der Waals surface area contributed by atoms with Crippen molar-refractivity contribution in [2.75, 3.05) is 6.61 Å². The molecule has 2 aromatic rings. The highest BCUT2D eigenvalue weighted by Gasteiger charge is 2.15. The van der Waals surface area contributed by atoms with E-state index in [2.05, 4.69) is 68.5 Å². The molecule has 0 saturated carbocycles. The number of rotatable bonds is 15. The number of allylic oxidation sites excluding steroid dienone is 2. The molecule has 0 saturated heterocycles. The first-order chi connectivity index (χ1) is 16.3. The number of hydrogen-bond donors (Lipinski definition) is 0. The second-order valence-corrected chi connectivity index (χ2v) is 9.94. The molecular weight excluding hydrogens is 400 g/mol. The largest absolute Gasteiger partial charge is 0.494 e. The summed E-state index contributed by atoms with van der Waals surface area (Å²) in [4.78, 5) is 0. The lowest BCUT2D eigenvalue weighted by Crippen LogP contribution is -2.05. The molecule has 1 heteroatoms. The zero-order valence-corrected chi connectivity index (χ0v) is 21.3. The lowest BCUT2D eigenvalue weighted by molar-refractivity contribution is 0.304. The molecule has 0 bridgehead atoms. The molecular formula is C32H46O. The molecule has 0 fully saturated rings. The molecule has 0 N–H and O–H groups in total. The fraction of sp³-hybridized carbons (Fsp3) is 0.562. The van der Waals surface area contributed by atoms with Gasteiger partial charge < -0.3 is 4.74 Å². The van der Waals surface area contributed by atoms with Crippen LogP contribution in [0.25, 0.3) is 16.7 Å². The van der Waals surface area contributed by atoms with E-state index in [0.29, 0.717) is 0 Å². The first-order valence-electron chi connectivity index (χ1n) is 13.8. The summed E-state index contributed by atoms with van der Waals surface area (Å²) >= 11 is 0. The van der Waals surface area contributed by atoms with E-state index in [1.54, 1.807) is 5.57 Å². The van der Waals surface area contributed by atoms with Gasteiger partial charge in [-0.2, -0.15) is 0 Å². The first kappa shape index (κ1) is 25.6. The van der Waals surface area contributed by atoms with E-state index in [-0.39, 0.29) is 0 Å². The van der Waals surface area contributed by atoms with Gasteiger partial charge in [0.25, 0.3) is 0 Å². The Morgan fingerprint density at radius 2 is 1.24 bits per heavy atom. The van der Waals surface area contributed by atoms with Crippen molar-refractivity contribution in [1.82, 2.24) is 0 Å². The summed E-state index contributed by atoms with van der Waals surface area (Å²) in [5, 5.41) is 0. The van der Waals surface area contributed by atoms with Crippen LogP contribution in [0.2, 0.25) is 0 Å². The number of ether oxygens (including phenoxy) is 1. The highest BCUT2D eigenvalue weighted by atomic mass is 16.5. The molecule has 180 valence electrons. The molecule has 1 aliphatic carbocycles. The average molecular weight is 447 g/mol. The van der Waals surface area contributed by atoms with Crippen molar-refractivity contribution in [2.24, 2.45) is 5.92 Å². The Morgan fingerprint density at radius 1 is 0.667 bits per heavy atom. The molecule has 1 aliphatic rings. The van der Waals surface area contributed by atoms with Gasteiger partial charge in [-0.3, -0.25) is 0 Å². The van der Waals surface area contributed by atoms with E-state index in [4.69, 9.17) is 4.74 Å². The maximum absolute atomic E-state index is 5.94. The SMILES string of the molecule is CCCCCCCCOc1ccc(-c2ccc(C3=CCC(CCCCCC)CC3)cc2)cc1. The van der Waals surface area contributed by atoms with Gasteiger partial charge >= 0.3 is 0 Å². The maximum Gasteiger partial charge on any atom is 0.119 e. The fourth-order valence-corrected chi connectivity index (χ4v) is 4.97. The molecule has 0 spiro atoms. The smallest absolute Gasteiger partial charge is 0.119 e.